The summed E-state index contributed by atoms with van der Waals surface area (Å²) in [5.41, 5.74) is 5.96. The molecule has 0 radical (unpaired) electrons. The van der Waals surface area contributed by atoms with Gasteiger partial charge in [-0.05, 0) is 57.8 Å². The molecule has 2 aromatic carbocycles. The third kappa shape index (κ3) is 3.54. The molecule has 118 valence electrons. The molecule has 0 aliphatic carbocycles. The van der Waals surface area contributed by atoms with Crippen LogP contribution in [0.15, 0.2) is 65.6 Å². The molecule has 0 N–H and O–H groups in total. The Morgan fingerprint density at radius 1 is 1.08 bits per heavy atom. The number of imidazole rings is 1. The zero-order valence-electron chi connectivity index (χ0n) is 13.7. The number of nitrogens with zero attached hydrogens (tertiary/aromatic N) is 2. The number of benzene rings is 2. The fourth-order valence-corrected chi connectivity index (χ4v) is 3.43. The van der Waals surface area contributed by atoms with Crippen molar-refractivity contribution >= 4 is 28.3 Å². The van der Waals surface area contributed by atoms with Crippen molar-refractivity contribution in [3.8, 4) is 16.8 Å². The number of carboxylic acids is 1. The van der Waals surface area contributed by atoms with Gasteiger partial charge in [0.05, 0.1) is 11.0 Å². The minimum absolute atomic E-state index is 0. The molecule has 0 aliphatic heterocycles. The molecule has 0 unspecified atom stereocenters. The van der Waals surface area contributed by atoms with Crippen molar-refractivity contribution in [3.63, 3.8) is 0 Å². The molecular formula is C19H13LiN2O2S. The van der Waals surface area contributed by atoms with E-state index in [9.17, 15) is 9.90 Å². The molecule has 0 fully saturated rings. The van der Waals surface area contributed by atoms with Crippen molar-refractivity contribution in [2.24, 2.45) is 0 Å². The van der Waals surface area contributed by atoms with E-state index in [4.69, 9.17) is 0 Å². The number of aliphatic carboxylic acids is 1. The first kappa shape index (κ1) is 17.5. The number of carboxylic acid groups (broad SMARTS) is 1. The smallest absolute Gasteiger partial charge is 0.550 e. The number of rotatable bonds is 4. The van der Waals surface area contributed by atoms with Gasteiger partial charge in [-0.3, -0.25) is 4.57 Å². The molecule has 2 aromatic heterocycles. The fourth-order valence-electron chi connectivity index (χ4n) is 2.77. The summed E-state index contributed by atoms with van der Waals surface area (Å²) < 4.78 is 2.00. The van der Waals surface area contributed by atoms with Crippen molar-refractivity contribution in [2.75, 3.05) is 0 Å². The van der Waals surface area contributed by atoms with Crippen LogP contribution in [0.2, 0.25) is 0 Å². The predicted octanol–water partition coefficient (Wildman–Crippen LogP) is 0.0504. The molecule has 0 spiro atoms. The Balaban J connectivity index is 0.00000182. The molecule has 2 heterocycles. The van der Waals surface area contributed by atoms with Gasteiger partial charge >= 0.3 is 18.9 Å². The summed E-state index contributed by atoms with van der Waals surface area (Å²) in [6.07, 6.45) is 1.71. The summed E-state index contributed by atoms with van der Waals surface area (Å²) in [7, 11) is 0. The number of aromatic nitrogens is 2. The van der Waals surface area contributed by atoms with Gasteiger partial charge in [0, 0.05) is 18.1 Å². The number of thiophene rings is 1. The average Bonchev–Trinajstić information content (AvgIpc) is 3.24. The van der Waals surface area contributed by atoms with Gasteiger partial charge in [-0.1, -0.05) is 18.2 Å². The third-order valence-electron chi connectivity index (χ3n) is 3.96. The Labute approximate surface area is 160 Å². The molecule has 0 atom stereocenters. The van der Waals surface area contributed by atoms with Crippen molar-refractivity contribution in [1.29, 1.82) is 0 Å². The quantitative estimate of drug-likeness (QED) is 0.493. The summed E-state index contributed by atoms with van der Waals surface area (Å²) in [6, 6.07) is 15.7. The van der Waals surface area contributed by atoms with Gasteiger partial charge in [0.2, 0.25) is 0 Å². The van der Waals surface area contributed by atoms with Gasteiger partial charge in [0.15, 0.2) is 0 Å². The van der Waals surface area contributed by atoms with Gasteiger partial charge in [-0.15, -0.1) is 0 Å². The molecular weight excluding hydrogens is 327 g/mol. The number of hydrogen-bond donors (Lipinski definition) is 0. The summed E-state index contributed by atoms with van der Waals surface area (Å²) in [5.74, 6) is -1.07. The molecule has 0 saturated heterocycles. The second kappa shape index (κ2) is 7.28. The first-order chi connectivity index (χ1) is 11.7. The van der Waals surface area contributed by atoms with Crippen molar-refractivity contribution < 1.29 is 28.8 Å². The van der Waals surface area contributed by atoms with Crippen LogP contribution in [0.1, 0.15) is 5.56 Å². The van der Waals surface area contributed by atoms with E-state index in [-0.39, 0.29) is 25.3 Å². The summed E-state index contributed by atoms with van der Waals surface area (Å²) in [5, 5.41) is 14.8. The van der Waals surface area contributed by atoms with E-state index in [1.165, 1.54) is 5.56 Å². The molecule has 4 rings (SSSR count). The first-order valence-corrected chi connectivity index (χ1v) is 8.44. The minimum atomic E-state index is -1.07. The van der Waals surface area contributed by atoms with Gasteiger partial charge < -0.3 is 9.90 Å². The van der Waals surface area contributed by atoms with Gasteiger partial charge in [-0.25, -0.2) is 4.98 Å². The largest absolute Gasteiger partial charge is 1.00 e. The van der Waals surface area contributed by atoms with E-state index >= 15 is 0 Å². The molecule has 0 bridgehead atoms. The molecule has 0 saturated carbocycles. The van der Waals surface area contributed by atoms with Crippen LogP contribution in [0.3, 0.4) is 0 Å². The van der Waals surface area contributed by atoms with Crippen LogP contribution in [0.25, 0.3) is 27.8 Å². The van der Waals surface area contributed by atoms with Crippen LogP contribution in [0.5, 0.6) is 0 Å². The van der Waals surface area contributed by atoms with Gasteiger partial charge in [0.1, 0.15) is 6.33 Å². The summed E-state index contributed by atoms with van der Waals surface area (Å²) in [4.78, 5) is 15.2. The first-order valence-electron chi connectivity index (χ1n) is 7.49. The Morgan fingerprint density at radius 3 is 2.56 bits per heavy atom. The van der Waals surface area contributed by atoms with Crippen LogP contribution >= 0.6 is 11.3 Å². The van der Waals surface area contributed by atoms with Gasteiger partial charge in [0.25, 0.3) is 0 Å². The molecule has 4 aromatic rings. The molecule has 4 nitrogen and oxygen atoms in total. The van der Waals surface area contributed by atoms with Gasteiger partial charge in [-0.2, -0.15) is 11.3 Å². The zero-order chi connectivity index (χ0) is 16.5. The topological polar surface area (TPSA) is 57.9 Å². The van der Waals surface area contributed by atoms with Crippen molar-refractivity contribution in [1.82, 2.24) is 9.55 Å². The molecule has 0 amide bonds. The fraction of sp³-hybridized carbons (Fsp3) is 0.0526. The van der Waals surface area contributed by atoms with E-state index in [0.29, 0.717) is 0 Å². The van der Waals surface area contributed by atoms with E-state index in [1.54, 1.807) is 29.8 Å². The second-order valence-corrected chi connectivity index (χ2v) is 6.33. The maximum absolute atomic E-state index is 10.7. The standard InChI is InChI=1S/C19H14N2O2S.Li/c22-19(23)9-13-1-4-16(5-2-13)21-12-20-17-10-14(3-6-18(17)21)15-7-8-24-11-15;/h1-8,10-12H,9H2,(H,22,23);/q;+1/p-1. The molecule has 25 heavy (non-hydrogen) atoms. The minimum Gasteiger partial charge on any atom is -0.550 e. The Hall–Kier alpha value is -2.32. The summed E-state index contributed by atoms with van der Waals surface area (Å²) in [6.45, 7) is 0. The SMILES string of the molecule is O=C([O-])Cc1ccc(-n2cnc3cc(-c4ccsc4)ccc32)cc1.[Li+]. The van der Waals surface area contributed by atoms with Crippen LogP contribution in [-0.2, 0) is 11.2 Å². The Bertz CT molecular complexity index is 1010. The van der Waals surface area contributed by atoms with E-state index in [2.05, 4.69) is 40.0 Å². The maximum atomic E-state index is 10.7. The average molecular weight is 340 g/mol. The summed E-state index contributed by atoms with van der Waals surface area (Å²) >= 11 is 1.68. The Morgan fingerprint density at radius 2 is 1.88 bits per heavy atom. The second-order valence-electron chi connectivity index (χ2n) is 5.55. The van der Waals surface area contributed by atoms with E-state index in [1.807, 2.05) is 16.7 Å². The zero-order valence-corrected chi connectivity index (χ0v) is 14.5. The number of carbonyl (C=O) groups excluding carboxylic acids is 1. The monoisotopic (exact) mass is 340 g/mol. The van der Waals surface area contributed by atoms with Crippen LogP contribution in [-0.4, -0.2) is 15.5 Å². The molecule has 0 aliphatic rings. The third-order valence-corrected chi connectivity index (χ3v) is 4.65. The maximum Gasteiger partial charge on any atom is 1.00 e. The number of hydrogen-bond acceptors (Lipinski definition) is 4. The Kier molecular flexibility index (Phi) is 5.10. The van der Waals surface area contributed by atoms with Crippen LogP contribution in [0.4, 0.5) is 0 Å². The van der Waals surface area contributed by atoms with Crippen LogP contribution < -0.4 is 24.0 Å². The van der Waals surface area contributed by atoms with Crippen LogP contribution in [0, 0.1) is 0 Å². The van der Waals surface area contributed by atoms with Crippen molar-refractivity contribution in [3.05, 3.63) is 71.2 Å². The predicted molar refractivity (Wildman–Crippen MR) is 93.1 cm³/mol. The number of fused-ring (bicyclic) bond motifs is 1. The number of carbonyl (C=O) groups is 1. The van der Waals surface area contributed by atoms with E-state index < -0.39 is 5.97 Å². The molecule has 6 heteroatoms. The normalized spacial score (nSPS) is 10.6. The van der Waals surface area contributed by atoms with E-state index in [0.717, 1.165) is 27.8 Å². The van der Waals surface area contributed by atoms with Crippen molar-refractivity contribution in [2.45, 2.75) is 6.42 Å².